The van der Waals surface area contributed by atoms with E-state index in [4.69, 9.17) is 9.63 Å². The van der Waals surface area contributed by atoms with Crippen molar-refractivity contribution in [1.29, 1.82) is 0 Å². The van der Waals surface area contributed by atoms with Crippen LogP contribution in [0.5, 0.6) is 0 Å². The van der Waals surface area contributed by atoms with Crippen LogP contribution in [0.2, 0.25) is 0 Å². The van der Waals surface area contributed by atoms with Gasteiger partial charge in [0, 0.05) is 19.5 Å². The zero-order valence-corrected chi connectivity index (χ0v) is 12.3. The van der Waals surface area contributed by atoms with Gasteiger partial charge in [-0.3, -0.25) is 4.79 Å². The first-order chi connectivity index (χ1) is 10.7. The van der Waals surface area contributed by atoms with Crippen LogP contribution in [0.3, 0.4) is 0 Å². The van der Waals surface area contributed by atoms with Crippen molar-refractivity contribution in [2.75, 3.05) is 18.0 Å². The summed E-state index contributed by atoms with van der Waals surface area (Å²) in [6, 6.07) is 3.57. The van der Waals surface area contributed by atoms with E-state index in [1.807, 2.05) is 17.9 Å². The van der Waals surface area contributed by atoms with Crippen LogP contribution >= 0.6 is 0 Å². The van der Waals surface area contributed by atoms with Gasteiger partial charge in [0.15, 0.2) is 17.3 Å². The predicted molar refractivity (Wildman–Crippen MR) is 77.3 cm³/mol. The van der Waals surface area contributed by atoms with E-state index in [2.05, 4.69) is 20.3 Å². The summed E-state index contributed by atoms with van der Waals surface area (Å²) < 4.78 is 5.12. The van der Waals surface area contributed by atoms with E-state index in [9.17, 15) is 4.79 Å². The Labute approximate surface area is 127 Å². The summed E-state index contributed by atoms with van der Waals surface area (Å²) in [7, 11) is 0. The average Bonchev–Trinajstić information content (AvgIpc) is 3.04. The Morgan fingerprint density at radius 1 is 1.45 bits per heavy atom. The largest absolute Gasteiger partial charge is 0.481 e. The Morgan fingerprint density at radius 3 is 2.95 bits per heavy atom. The molecule has 2 aromatic rings. The lowest BCUT2D eigenvalue weighted by Crippen LogP contribution is -2.39. The number of rotatable bonds is 4. The molecular weight excluding hydrogens is 286 g/mol. The van der Waals surface area contributed by atoms with Crippen LogP contribution in [-0.2, 0) is 11.2 Å². The molecule has 3 rings (SSSR count). The molecule has 1 N–H and O–H groups in total. The standard InChI is InChI=1S/C14H17N5O3/c1-2-11-15-13(22-18-11)10-5-6-12(17-16-10)19-7-3-4-9(8-19)14(20)21/h5-6,9H,2-4,7-8H2,1H3,(H,20,21). The zero-order valence-electron chi connectivity index (χ0n) is 12.3. The van der Waals surface area contributed by atoms with E-state index in [0.717, 1.165) is 13.0 Å². The van der Waals surface area contributed by atoms with E-state index in [1.165, 1.54) is 0 Å². The van der Waals surface area contributed by atoms with Crippen LogP contribution in [0.15, 0.2) is 16.7 Å². The number of hydrogen-bond acceptors (Lipinski definition) is 7. The van der Waals surface area contributed by atoms with Crippen molar-refractivity contribution in [3.8, 4) is 11.6 Å². The summed E-state index contributed by atoms with van der Waals surface area (Å²) in [6.45, 7) is 3.20. The number of aryl methyl sites for hydroxylation is 1. The molecule has 1 atom stereocenters. The van der Waals surface area contributed by atoms with Gasteiger partial charge in [-0.25, -0.2) is 0 Å². The van der Waals surface area contributed by atoms with Gasteiger partial charge in [-0.05, 0) is 25.0 Å². The van der Waals surface area contributed by atoms with Crippen molar-refractivity contribution in [2.45, 2.75) is 26.2 Å². The molecule has 3 heterocycles. The van der Waals surface area contributed by atoms with Gasteiger partial charge in [0.1, 0.15) is 0 Å². The average molecular weight is 303 g/mol. The summed E-state index contributed by atoms with van der Waals surface area (Å²) in [5.74, 6) is 0.537. The molecule has 1 unspecified atom stereocenters. The Bertz CT molecular complexity index is 655. The molecule has 0 saturated carbocycles. The second-order valence-corrected chi connectivity index (χ2v) is 5.27. The summed E-state index contributed by atoms with van der Waals surface area (Å²) in [6.07, 6.45) is 2.24. The van der Waals surface area contributed by atoms with Gasteiger partial charge in [0.25, 0.3) is 5.89 Å². The number of hydrogen-bond donors (Lipinski definition) is 1. The lowest BCUT2D eigenvalue weighted by Gasteiger charge is -2.31. The van der Waals surface area contributed by atoms with Crippen molar-refractivity contribution in [2.24, 2.45) is 5.92 Å². The second kappa shape index (κ2) is 6.08. The fourth-order valence-corrected chi connectivity index (χ4v) is 2.50. The Balaban J connectivity index is 1.75. The van der Waals surface area contributed by atoms with Gasteiger partial charge in [0.05, 0.1) is 5.92 Å². The molecule has 2 aromatic heterocycles. The lowest BCUT2D eigenvalue weighted by atomic mass is 9.98. The van der Waals surface area contributed by atoms with Crippen molar-refractivity contribution < 1.29 is 14.4 Å². The van der Waals surface area contributed by atoms with Gasteiger partial charge in [-0.15, -0.1) is 10.2 Å². The summed E-state index contributed by atoms with van der Waals surface area (Å²) >= 11 is 0. The molecule has 8 nitrogen and oxygen atoms in total. The highest BCUT2D eigenvalue weighted by molar-refractivity contribution is 5.71. The van der Waals surface area contributed by atoms with Gasteiger partial charge in [-0.1, -0.05) is 12.1 Å². The first-order valence-electron chi connectivity index (χ1n) is 7.32. The van der Waals surface area contributed by atoms with Crippen molar-refractivity contribution in [3.05, 3.63) is 18.0 Å². The molecule has 0 spiro atoms. The number of aromatic nitrogens is 4. The van der Waals surface area contributed by atoms with E-state index in [1.54, 1.807) is 6.07 Å². The molecule has 0 bridgehead atoms. The van der Waals surface area contributed by atoms with Crippen molar-refractivity contribution in [1.82, 2.24) is 20.3 Å². The normalized spacial score (nSPS) is 18.4. The molecule has 1 aliphatic heterocycles. The maximum atomic E-state index is 11.1. The smallest absolute Gasteiger partial charge is 0.308 e. The number of carbonyl (C=O) groups is 1. The number of aliphatic carboxylic acids is 1. The second-order valence-electron chi connectivity index (χ2n) is 5.27. The van der Waals surface area contributed by atoms with Crippen LogP contribution in [0.4, 0.5) is 5.82 Å². The number of carboxylic acid groups (broad SMARTS) is 1. The van der Waals surface area contributed by atoms with E-state index < -0.39 is 5.97 Å². The predicted octanol–water partition coefficient (Wildman–Crippen LogP) is 1.39. The minimum atomic E-state index is -0.757. The van der Waals surface area contributed by atoms with Crippen LogP contribution in [0, 0.1) is 5.92 Å². The Morgan fingerprint density at radius 2 is 2.32 bits per heavy atom. The highest BCUT2D eigenvalue weighted by Crippen LogP contribution is 2.23. The van der Waals surface area contributed by atoms with Gasteiger partial charge >= 0.3 is 5.97 Å². The molecule has 1 fully saturated rings. The maximum Gasteiger partial charge on any atom is 0.308 e. The van der Waals surface area contributed by atoms with Crippen LogP contribution in [0.1, 0.15) is 25.6 Å². The third-order valence-corrected chi connectivity index (χ3v) is 3.75. The van der Waals surface area contributed by atoms with E-state index >= 15 is 0 Å². The molecule has 1 aliphatic rings. The number of nitrogens with zero attached hydrogens (tertiary/aromatic N) is 5. The molecular formula is C14H17N5O3. The fourth-order valence-electron chi connectivity index (χ4n) is 2.50. The zero-order chi connectivity index (χ0) is 15.5. The van der Waals surface area contributed by atoms with Gasteiger partial charge in [-0.2, -0.15) is 4.98 Å². The number of carboxylic acids is 1. The molecule has 22 heavy (non-hydrogen) atoms. The highest BCUT2D eigenvalue weighted by Gasteiger charge is 2.26. The van der Waals surface area contributed by atoms with Crippen LogP contribution in [-0.4, -0.2) is 44.5 Å². The third-order valence-electron chi connectivity index (χ3n) is 3.75. The van der Waals surface area contributed by atoms with Crippen LogP contribution < -0.4 is 4.90 Å². The first kappa shape index (κ1) is 14.4. The quantitative estimate of drug-likeness (QED) is 0.903. The SMILES string of the molecule is CCc1noc(-c2ccc(N3CCCC(C(=O)O)C3)nn2)n1. The topological polar surface area (TPSA) is 105 Å². The third kappa shape index (κ3) is 2.90. The molecule has 0 amide bonds. The maximum absolute atomic E-state index is 11.1. The first-order valence-corrected chi connectivity index (χ1v) is 7.32. The molecule has 116 valence electrons. The number of anilines is 1. The summed E-state index contributed by atoms with van der Waals surface area (Å²) in [4.78, 5) is 17.3. The van der Waals surface area contributed by atoms with Crippen LogP contribution in [0.25, 0.3) is 11.6 Å². The Kier molecular flexibility index (Phi) is 3.99. The van der Waals surface area contributed by atoms with E-state index in [0.29, 0.717) is 42.6 Å². The minimum absolute atomic E-state index is 0.345. The monoisotopic (exact) mass is 303 g/mol. The van der Waals surface area contributed by atoms with Gasteiger partial charge < -0.3 is 14.5 Å². The van der Waals surface area contributed by atoms with Crippen molar-refractivity contribution in [3.63, 3.8) is 0 Å². The summed E-state index contributed by atoms with van der Waals surface area (Å²) in [5, 5.41) is 21.2. The lowest BCUT2D eigenvalue weighted by molar-refractivity contribution is -0.141. The van der Waals surface area contributed by atoms with Gasteiger partial charge in [0.2, 0.25) is 0 Å². The highest BCUT2D eigenvalue weighted by atomic mass is 16.5. The molecule has 0 aromatic carbocycles. The molecule has 1 saturated heterocycles. The minimum Gasteiger partial charge on any atom is -0.481 e. The van der Waals surface area contributed by atoms with E-state index in [-0.39, 0.29) is 5.92 Å². The molecule has 0 aliphatic carbocycles. The fraction of sp³-hybridized carbons (Fsp3) is 0.500. The van der Waals surface area contributed by atoms with Crippen molar-refractivity contribution >= 4 is 11.8 Å². The Hall–Kier alpha value is -2.51. The molecule has 0 radical (unpaired) electrons. The number of piperidine rings is 1. The molecule has 8 heteroatoms. The summed E-state index contributed by atoms with van der Waals surface area (Å²) in [5.41, 5.74) is 0.516.